The molecule has 0 unspecified atom stereocenters. The van der Waals surface area contributed by atoms with E-state index < -0.39 is 0 Å². The summed E-state index contributed by atoms with van der Waals surface area (Å²) < 4.78 is 0. The Balaban J connectivity index is 3.07. The lowest BCUT2D eigenvalue weighted by Gasteiger charge is -2.07. The summed E-state index contributed by atoms with van der Waals surface area (Å²) in [6.45, 7) is 5.75. The van der Waals surface area contributed by atoms with Crippen LogP contribution < -0.4 is 5.32 Å². The molecule has 1 N–H and O–H groups in total. The van der Waals surface area contributed by atoms with E-state index in [-0.39, 0.29) is 0 Å². The zero-order valence-electron chi connectivity index (χ0n) is 8.17. The van der Waals surface area contributed by atoms with Crippen molar-refractivity contribution in [1.82, 2.24) is 0 Å². The van der Waals surface area contributed by atoms with Crippen LogP contribution in [0.3, 0.4) is 0 Å². The third-order valence-corrected chi connectivity index (χ3v) is 2.06. The molecule has 0 saturated carbocycles. The molecule has 0 aliphatic rings. The maximum Gasteiger partial charge on any atom is 0.0373 e. The van der Waals surface area contributed by atoms with Gasteiger partial charge in [-0.05, 0) is 24.1 Å². The molecule has 0 radical (unpaired) electrons. The average molecular weight is 173 g/mol. The molecule has 1 heteroatoms. The minimum atomic E-state index is 1.17. The SMILES string of the molecule is C=C/C=C\c1cccc(NC)c1C. The Morgan fingerprint density at radius 3 is 2.77 bits per heavy atom. The van der Waals surface area contributed by atoms with Crippen molar-refractivity contribution in [3.05, 3.63) is 48.1 Å². The highest BCUT2D eigenvalue weighted by Gasteiger charge is 1.97. The van der Waals surface area contributed by atoms with Crippen molar-refractivity contribution in [2.75, 3.05) is 12.4 Å². The second-order valence-corrected chi connectivity index (χ2v) is 2.86. The van der Waals surface area contributed by atoms with E-state index in [9.17, 15) is 0 Å². The number of rotatable bonds is 3. The summed E-state index contributed by atoms with van der Waals surface area (Å²) in [5.41, 5.74) is 3.67. The zero-order valence-corrected chi connectivity index (χ0v) is 8.17. The van der Waals surface area contributed by atoms with Gasteiger partial charge < -0.3 is 5.32 Å². The summed E-state index contributed by atoms with van der Waals surface area (Å²) in [5, 5.41) is 3.15. The Bertz CT molecular complexity index is 324. The molecule has 0 aromatic heterocycles. The van der Waals surface area contributed by atoms with Gasteiger partial charge in [0.1, 0.15) is 0 Å². The summed E-state index contributed by atoms with van der Waals surface area (Å²) in [6, 6.07) is 6.21. The van der Waals surface area contributed by atoms with Gasteiger partial charge in [-0.15, -0.1) is 0 Å². The maximum absolute atomic E-state index is 3.65. The van der Waals surface area contributed by atoms with Crippen LogP contribution in [0.25, 0.3) is 6.08 Å². The van der Waals surface area contributed by atoms with Gasteiger partial charge >= 0.3 is 0 Å². The second-order valence-electron chi connectivity index (χ2n) is 2.86. The summed E-state index contributed by atoms with van der Waals surface area (Å²) in [4.78, 5) is 0. The minimum Gasteiger partial charge on any atom is -0.388 e. The van der Waals surface area contributed by atoms with Crippen molar-refractivity contribution < 1.29 is 0 Å². The molecule has 0 saturated heterocycles. The number of anilines is 1. The first kappa shape index (κ1) is 9.59. The third kappa shape index (κ3) is 2.22. The van der Waals surface area contributed by atoms with Crippen LogP contribution in [0.5, 0.6) is 0 Å². The lowest BCUT2D eigenvalue weighted by atomic mass is 10.1. The number of hydrogen-bond donors (Lipinski definition) is 1. The van der Waals surface area contributed by atoms with Gasteiger partial charge in [0.05, 0.1) is 0 Å². The third-order valence-electron chi connectivity index (χ3n) is 2.06. The lowest BCUT2D eigenvalue weighted by Crippen LogP contribution is -1.92. The number of benzene rings is 1. The lowest BCUT2D eigenvalue weighted by molar-refractivity contribution is 1.39. The first-order chi connectivity index (χ1) is 6.29. The van der Waals surface area contributed by atoms with Gasteiger partial charge in [0, 0.05) is 12.7 Å². The van der Waals surface area contributed by atoms with Crippen molar-refractivity contribution >= 4 is 11.8 Å². The van der Waals surface area contributed by atoms with Crippen LogP contribution in [-0.4, -0.2) is 7.05 Å². The Kier molecular flexibility index (Phi) is 3.32. The molecule has 1 rings (SSSR count). The average Bonchev–Trinajstić information content (AvgIpc) is 2.16. The summed E-state index contributed by atoms with van der Waals surface area (Å²) in [5.74, 6) is 0. The first-order valence-corrected chi connectivity index (χ1v) is 4.36. The van der Waals surface area contributed by atoms with E-state index in [2.05, 4.69) is 37.0 Å². The predicted octanol–water partition coefficient (Wildman–Crippen LogP) is 3.24. The normalized spacial score (nSPS) is 10.3. The molecule has 1 nitrogen and oxygen atoms in total. The fourth-order valence-corrected chi connectivity index (χ4v) is 1.28. The first-order valence-electron chi connectivity index (χ1n) is 4.36. The Morgan fingerprint density at radius 2 is 2.15 bits per heavy atom. The summed E-state index contributed by atoms with van der Waals surface area (Å²) in [6.07, 6.45) is 5.79. The summed E-state index contributed by atoms with van der Waals surface area (Å²) in [7, 11) is 1.93. The van der Waals surface area contributed by atoms with E-state index in [1.165, 1.54) is 16.8 Å². The molecule has 0 amide bonds. The standard InChI is InChI=1S/C12H15N/c1-4-5-7-11-8-6-9-12(13-3)10(11)2/h4-9,13H,1H2,2-3H3/b7-5-. The van der Waals surface area contributed by atoms with E-state index >= 15 is 0 Å². The molecule has 0 bridgehead atoms. The van der Waals surface area contributed by atoms with Gasteiger partial charge in [0.25, 0.3) is 0 Å². The van der Waals surface area contributed by atoms with E-state index in [4.69, 9.17) is 0 Å². The second kappa shape index (κ2) is 4.51. The fourth-order valence-electron chi connectivity index (χ4n) is 1.28. The molecule has 0 fully saturated rings. The molecular weight excluding hydrogens is 158 g/mol. The molecule has 13 heavy (non-hydrogen) atoms. The highest BCUT2D eigenvalue weighted by molar-refractivity contribution is 5.64. The molecule has 0 heterocycles. The molecule has 0 aliphatic carbocycles. The number of allylic oxidation sites excluding steroid dienone is 2. The van der Waals surface area contributed by atoms with E-state index in [0.717, 1.165) is 0 Å². The van der Waals surface area contributed by atoms with Crippen LogP contribution in [0.15, 0.2) is 36.9 Å². The van der Waals surface area contributed by atoms with Gasteiger partial charge in [-0.1, -0.05) is 36.9 Å². The van der Waals surface area contributed by atoms with E-state index in [0.29, 0.717) is 0 Å². The van der Waals surface area contributed by atoms with Crippen LogP contribution in [0.1, 0.15) is 11.1 Å². The van der Waals surface area contributed by atoms with Gasteiger partial charge in [-0.25, -0.2) is 0 Å². The van der Waals surface area contributed by atoms with Crippen molar-refractivity contribution in [3.8, 4) is 0 Å². The zero-order chi connectivity index (χ0) is 9.68. The Hall–Kier alpha value is -1.50. The van der Waals surface area contributed by atoms with Crippen LogP contribution >= 0.6 is 0 Å². The molecule has 1 aromatic carbocycles. The van der Waals surface area contributed by atoms with Gasteiger partial charge in [-0.3, -0.25) is 0 Å². The van der Waals surface area contributed by atoms with Gasteiger partial charge in [0.2, 0.25) is 0 Å². The largest absolute Gasteiger partial charge is 0.388 e. The molecule has 0 atom stereocenters. The fraction of sp³-hybridized carbons (Fsp3) is 0.167. The van der Waals surface area contributed by atoms with Crippen LogP contribution in [0, 0.1) is 6.92 Å². The molecule has 0 aliphatic heterocycles. The molecular formula is C12H15N. The quantitative estimate of drug-likeness (QED) is 0.692. The van der Waals surface area contributed by atoms with Gasteiger partial charge in [-0.2, -0.15) is 0 Å². The Morgan fingerprint density at radius 1 is 1.38 bits per heavy atom. The van der Waals surface area contributed by atoms with Crippen molar-refractivity contribution in [1.29, 1.82) is 0 Å². The molecule has 0 spiro atoms. The molecule has 68 valence electrons. The Labute approximate surface area is 79.8 Å². The summed E-state index contributed by atoms with van der Waals surface area (Å²) >= 11 is 0. The van der Waals surface area contributed by atoms with Crippen LogP contribution in [0.2, 0.25) is 0 Å². The highest BCUT2D eigenvalue weighted by Crippen LogP contribution is 2.19. The van der Waals surface area contributed by atoms with Gasteiger partial charge in [0.15, 0.2) is 0 Å². The smallest absolute Gasteiger partial charge is 0.0373 e. The van der Waals surface area contributed by atoms with Crippen LogP contribution in [-0.2, 0) is 0 Å². The minimum absolute atomic E-state index is 1.17. The highest BCUT2D eigenvalue weighted by atomic mass is 14.8. The monoisotopic (exact) mass is 173 g/mol. The van der Waals surface area contributed by atoms with Crippen molar-refractivity contribution in [2.45, 2.75) is 6.92 Å². The topological polar surface area (TPSA) is 12.0 Å². The van der Waals surface area contributed by atoms with E-state index in [1.807, 2.05) is 19.2 Å². The number of nitrogens with one attached hydrogen (secondary N) is 1. The maximum atomic E-state index is 3.65. The predicted molar refractivity (Wildman–Crippen MR) is 60.0 cm³/mol. The van der Waals surface area contributed by atoms with Crippen LogP contribution in [0.4, 0.5) is 5.69 Å². The molecule has 1 aromatic rings. The number of hydrogen-bond acceptors (Lipinski definition) is 1. The van der Waals surface area contributed by atoms with E-state index in [1.54, 1.807) is 6.08 Å². The van der Waals surface area contributed by atoms with Crippen molar-refractivity contribution in [3.63, 3.8) is 0 Å². The van der Waals surface area contributed by atoms with Crippen molar-refractivity contribution in [2.24, 2.45) is 0 Å².